The molecule has 0 aromatic rings. The van der Waals surface area contributed by atoms with Crippen LogP contribution in [0.25, 0.3) is 0 Å². The number of likely N-dealkylation sites (tertiary alicyclic amines) is 2. The van der Waals surface area contributed by atoms with Gasteiger partial charge in [-0.1, -0.05) is 20.8 Å². The van der Waals surface area contributed by atoms with Crippen molar-refractivity contribution in [3.8, 4) is 0 Å². The second kappa shape index (κ2) is 7.63. The monoisotopic (exact) mass is 335 g/mol. The standard InChI is InChI=1S/C21H41N3/c1-16(2)18-8-11-23(15-18)14-17(3)20-12-19(13-22-20)21(4,5)24-9-6-7-10-24/h16-20,22H,6-15H2,1-5H3. The zero-order valence-corrected chi connectivity index (χ0v) is 16.9. The highest BCUT2D eigenvalue weighted by Gasteiger charge is 2.42. The van der Waals surface area contributed by atoms with E-state index in [1.54, 1.807) is 0 Å². The van der Waals surface area contributed by atoms with Crippen LogP contribution in [0.3, 0.4) is 0 Å². The minimum Gasteiger partial charge on any atom is -0.313 e. The molecule has 0 radical (unpaired) electrons. The molecule has 0 spiro atoms. The van der Waals surface area contributed by atoms with Crippen LogP contribution >= 0.6 is 0 Å². The molecule has 4 atom stereocenters. The van der Waals surface area contributed by atoms with Gasteiger partial charge < -0.3 is 10.2 Å². The predicted molar refractivity (Wildman–Crippen MR) is 103 cm³/mol. The highest BCUT2D eigenvalue weighted by molar-refractivity contribution is 4.99. The lowest BCUT2D eigenvalue weighted by Gasteiger charge is -2.40. The summed E-state index contributed by atoms with van der Waals surface area (Å²) in [5, 5.41) is 3.89. The van der Waals surface area contributed by atoms with E-state index >= 15 is 0 Å². The van der Waals surface area contributed by atoms with E-state index in [0.29, 0.717) is 5.54 Å². The number of hydrogen-bond donors (Lipinski definition) is 1. The maximum atomic E-state index is 3.89. The number of nitrogens with one attached hydrogen (secondary N) is 1. The van der Waals surface area contributed by atoms with Crippen molar-refractivity contribution in [1.82, 2.24) is 15.1 Å². The third-order valence-corrected chi connectivity index (χ3v) is 7.57. The van der Waals surface area contributed by atoms with Crippen molar-refractivity contribution in [2.24, 2.45) is 23.7 Å². The molecule has 3 nitrogen and oxygen atoms in total. The Bertz CT molecular complexity index is 400. The minimum absolute atomic E-state index is 0.369. The molecule has 3 saturated heterocycles. The fraction of sp³-hybridized carbons (Fsp3) is 1.00. The van der Waals surface area contributed by atoms with Gasteiger partial charge in [-0.05, 0) is 82.8 Å². The van der Waals surface area contributed by atoms with Crippen molar-refractivity contribution >= 4 is 0 Å². The van der Waals surface area contributed by atoms with Crippen LogP contribution < -0.4 is 5.32 Å². The van der Waals surface area contributed by atoms with Crippen LogP contribution in [0, 0.1) is 23.7 Å². The summed E-state index contributed by atoms with van der Waals surface area (Å²) in [5.74, 6) is 3.36. The van der Waals surface area contributed by atoms with E-state index in [4.69, 9.17) is 0 Å². The SMILES string of the molecule is CC(C)C1CCN(CC(C)C2CC(C(C)(C)N3CCCC3)CN2)C1. The predicted octanol–water partition coefficient (Wildman–Crippen LogP) is 3.45. The average Bonchev–Trinajstić information content (AvgIpc) is 3.28. The Hall–Kier alpha value is -0.120. The molecule has 3 heterocycles. The Morgan fingerprint density at radius 1 is 1.08 bits per heavy atom. The van der Waals surface area contributed by atoms with E-state index in [0.717, 1.165) is 29.7 Å². The van der Waals surface area contributed by atoms with Crippen LogP contribution in [0.1, 0.15) is 60.3 Å². The summed E-state index contributed by atoms with van der Waals surface area (Å²) in [7, 11) is 0. The van der Waals surface area contributed by atoms with Gasteiger partial charge in [-0.3, -0.25) is 4.90 Å². The smallest absolute Gasteiger partial charge is 0.0194 e. The maximum Gasteiger partial charge on any atom is 0.0194 e. The molecule has 3 aliphatic heterocycles. The van der Waals surface area contributed by atoms with Crippen LogP contribution in [-0.4, -0.2) is 60.6 Å². The number of hydrogen-bond acceptors (Lipinski definition) is 3. The van der Waals surface area contributed by atoms with Gasteiger partial charge >= 0.3 is 0 Å². The Balaban J connectivity index is 1.48. The third-order valence-electron chi connectivity index (χ3n) is 7.57. The summed E-state index contributed by atoms with van der Waals surface area (Å²) in [4.78, 5) is 5.48. The fourth-order valence-corrected chi connectivity index (χ4v) is 5.40. The number of rotatable bonds is 6. The molecule has 4 unspecified atom stereocenters. The molecule has 3 aliphatic rings. The van der Waals surface area contributed by atoms with E-state index < -0.39 is 0 Å². The maximum absolute atomic E-state index is 3.89. The summed E-state index contributed by atoms with van der Waals surface area (Å²) >= 11 is 0. The zero-order valence-electron chi connectivity index (χ0n) is 16.9. The highest BCUT2D eigenvalue weighted by Crippen LogP contribution is 2.35. The summed E-state index contributed by atoms with van der Waals surface area (Å²) in [5.41, 5.74) is 0.369. The van der Waals surface area contributed by atoms with Gasteiger partial charge in [0.1, 0.15) is 0 Å². The molecular formula is C21H41N3. The van der Waals surface area contributed by atoms with Crippen LogP contribution in [-0.2, 0) is 0 Å². The van der Waals surface area contributed by atoms with Gasteiger partial charge in [-0.2, -0.15) is 0 Å². The molecule has 0 aromatic heterocycles. The topological polar surface area (TPSA) is 18.5 Å². The summed E-state index contributed by atoms with van der Waals surface area (Å²) in [6.45, 7) is 20.0. The molecule has 140 valence electrons. The van der Waals surface area contributed by atoms with E-state index in [1.807, 2.05) is 0 Å². The van der Waals surface area contributed by atoms with Crippen LogP contribution in [0.15, 0.2) is 0 Å². The van der Waals surface area contributed by atoms with E-state index in [1.165, 1.54) is 65.0 Å². The molecule has 0 bridgehead atoms. The molecule has 3 rings (SSSR count). The van der Waals surface area contributed by atoms with Crippen molar-refractivity contribution in [3.63, 3.8) is 0 Å². The summed E-state index contributed by atoms with van der Waals surface area (Å²) in [6.07, 6.45) is 5.57. The van der Waals surface area contributed by atoms with Crippen LogP contribution in [0.5, 0.6) is 0 Å². The second-order valence-electron chi connectivity index (χ2n) is 9.82. The van der Waals surface area contributed by atoms with Crippen LogP contribution in [0.4, 0.5) is 0 Å². The largest absolute Gasteiger partial charge is 0.313 e. The van der Waals surface area contributed by atoms with Crippen molar-refractivity contribution in [1.29, 1.82) is 0 Å². The first kappa shape index (κ1) is 18.7. The van der Waals surface area contributed by atoms with Crippen molar-refractivity contribution in [2.45, 2.75) is 71.9 Å². The van der Waals surface area contributed by atoms with Crippen molar-refractivity contribution in [3.05, 3.63) is 0 Å². The minimum atomic E-state index is 0.369. The molecule has 0 saturated carbocycles. The van der Waals surface area contributed by atoms with Crippen LogP contribution in [0.2, 0.25) is 0 Å². The van der Waals surface area contributed by atoms with E-state index in [2.05, 4.69) is 49.7 Å². The molecule has 1 N–H and O–H groups in total. The Labute approximate surface area is 150 Å². The first-order valence-corrected chi connectivity index (χ1v) is 10.6. The van der Waals surface area contributed by atoms with Gasteiger partial charge in [0.2, 0.25) is 0 Å². The van der Waals surface area contributed by atoms with Gasteiger partial charge in [-0.25, -0.2) is 0 Å². The lowest BCUT2D eigenvalue weighted by Crippen LogP contribution is -2.48. The van der Waals surface area contributed by atoms with Gasteiger partial charge in [0.25, 0.3) is 0 Å². The highest BCUT2D eigenvalue weighted by atomic mass is 15.2. The normalized spacial score (nSPS) is 34.5. The zero-order chi connectivity index (χ0) is 17.3. The van der Waals surface area contributed by atoms with Gasteiger partial charge in [0.05, 0.1) is 0 Å². The molecule has 3 heteroatoms. The Morgan fingerprint density at radius 3 is 2.42 bits per heavy atom. The molecule has 0 amide bonds. The van der Waals surface area contributed by atoms with Gasteiger partial charge in [0, 0.05) is 31.2 Å². The Morgan fingerprint density at radius 2 is 1.79 bits per heavy atom. The molecule has 0 aromatic carbocycles. The van der Waals surface area contributed by atoms with Crippen molar-refractivity contribution in [2.75, 3.05) is 39.3 Å². The lowest BCUT2D eigenvalue weighted by molar-refractivity contribution is 0.0930. The molecular weight excluding hydrogens is 294 g/mol. The van der Waals surface area contributed by atoms with Crippen molar-refractivity contribution < 1.29 is 0 Å². The summed E-state index contributed by atoms with van der Waals surface area (Å²) in [6, 6.07) is 0.718. The summed E-state index contributed by atoms with van der Waals surface area (Å²) < 4.78 is 0. The molecule has 3 fully saturated rings. The second-order valence-corrected chi connectivity index (χ2v) is 9.82. The third kappa shape index (κ3) is 3.99. The van der Waals surface area contributed by atoms with E-state index in [-0.39, 0.29) is 0 Å². The molecule has 24 heavy (non-hydrogen) atoms. The average molecular weight is 336 g/mol. The quantitative estimate of drug-likeness (QED) is 0.802. The van der Waals surface area contributed by atoms with Gasteiger partial charge in [0.15, 0.2) is 0 Å². The van der Waals surface area contributed by atoms with Gasteiger partial charge in [-0.15, -0.1) is 0 Å². The first-order valence-electron chi connectivity index (χ1n) is 10.6. The molecule has 0 aliphatic carbocycles. The number of nitrogens with zero attached hydrogens (tertiary/aromatic N) is 2. The fourth-order valence-electron chi connectivity index (χ4n) is 5.40. The first-order chi connectivity index (χ1) is 11.4. The van der Waals surface area contributed by atoms with E-state index in [9.17, 15) is 0 Å². The lowest BCUT2D eigenvalue weighted by atomic mass is 9.82. The Kier molecular flexibility index (Phi) is 5.94.